The fourth-order valence-electron chi connectivity index (χ4n) is 2.12. The number of non-ortho nitro benzene ring substituents is 1. The Balaban J connectivity index is 2.01. The van der Waals surface area contributed by atoms with Crippen LogP contribution in [0.4, 0.5) is 5.69 Å². The van der Waals surface area contributed by atoms with Gasteiger partial charge in [-0.25, -0.2) is 13.1 Å². The maximum atomic E-state index is 12.1. The van der Waals surface area contributed by atoms with Crippen LogP contribution in [0.2, 0.25) is 0 Å². The van der Waals surface area contributed by atoms with Gasteiger partial charge >= 0.3 is 0 Å². The fourth-order valence-corrected chi connectivity index (χ4v) is 3.22. The van der Waals surface area contributed by atoms with Gasteiger partial charge in [0.1, 0.15) is 6.10 Å². The second-order valence-electron chi connectivity index (χ2n) is 4.83. The number of benzene rings is 1. The molecule has 9 nitrogen and oxygen atoms in total. The lowest BCUT2D eigenvalue weighted by Crippen LogP contribution is -2.34. The summed E-state index contributed by atoms with van der Waals surface area (Å²) in [6, 6.07) is 4.74. The maximum Gasteiger partial charge on any atom is 0.270 e. The van der Waals surface area contributed by atoms with E-state index in [1.165, 1.54) is 18.2 Å². The molecule has 2 atom stereocenters. The molecule has 0 unspecified atom stereocenters. The van der Waals surface area contributed by atoms with Crippen molar-refractivity contribution in [2.45, 2.75) is 29.9 Å². The second kappa shape index (κ2) is 6.38. The van der Waals surface area contributed by atoms with Gasteiger partial charge in [-0.15, -0.1) is 0 Å². The van der Waals surface area contributed by atoms with E-state index in [1.807, 2.05) is 0 Å². The third-order valence-electron chi connectivity index (χ3n) is 3.26. The molecule has 0 saturated carbocycles. The molecule has 0 bridgehead atoms. The monoisotopic (exact) mass is 329 g/mol. The number of nitrogens with two attached hydrogens (primary N) is 1. The standard InChI is InChI=1S/C12H15N3O6S/c13-12(16)11-5-4-9(21-11)7-14-22(19,20)10-3-1-2-8(6-10)15(17)18/h1-3,6,9,11,14H,4-5,7H2,(H2,13,16)/t9-,11-/m0/s1. The fraction of sp³-hybridized carbons (Fsp3) is 0.417. The summed E-state index contributed by atoms with van der Waals surface area (Å²) < 4.78 is 31.8. The molecule has 1 aliphatic heterocycles. The number of carbonyl (C=O) groups is 1. The van der Waals surface area contributed by atoms with Crippen molar-refractivity contribution in [3.8, 4) is 0 Å². The van der Waals surface area contributed by atoms with Crippen LogP contribution < -0.4 is 10.5 Å². The zero-order valence-corrected chi connectivity index (χ0v) is 12.3. The zero-order chi connectivity index (χ0) is 16.3. The number of hydrogen-bond acceptors (Lipinski definition) is 6. The molecule has 0 radical (unpaired) electrons. The van der Waals surface area contributed by atoms with Crippen molar-refractivity contribution >= 4 is 21.6 Å². The Morgan fingerprint density at radius 1 is 1.45 bits per heavy atom. The predicted octanol–water partition coefficient (Wildman–Crippen LogP) is -0.0940. The summed E-state index contributed by atoms with van der Waals surface area (Å²) in [5.41, 5.74) is 4.80. The highest BCUT2D eigenvalue weighted by Crippen LogP contribution is 2.20. The van der Waals surface area contributed by atoms with Gasteiger partial charge in [-0.05, 0) is 18.9 Å². The molecular formula is C12H15N3O6S. The quantitative estimate of drug-likeness (QED) is 0.551. The SMILES string of the molecule is NC(=O)[C@@H]1CC[C@@H](CNS(=O)(=O)c2cccc([N+](=O)[O-])c2)O1. The number of amides is 1. The number of hydrogen-bond donors (Lipinski definition) is 2. The predicted molar refractivity (Wildman–Crippen MR) is 75.4 cm³/mol. The maximum absolute atomic E-state index is 12.1. The number of nitro benzene ring substituents is 1. The van der Waals surface area contributed by atoms with E-state index in [-0.39, 0.29) is 17.1 Å². The minimum Gasteiger partial charge on any atom is -0.367 e. The molecule has 1 amide bonds. The number of nitro groups is 1. The van der Waals surface area contributed by atoms with Crippen LogP contribution in [0.25, 0.3) is 0 Å². The van der Waals surface area contributed by atoms with Crippen LogP contribution in [0, 0.1) is 10.1 Å². The number of ether oxygens (including phenoxy) is 1. The first kappa shape index (κ1) is 16.3. The van der Waals surface area contributed by atoms with Gasteiger partial charge in [0.25, 0.3) is 5.69 Å². The number of sulfonamides is 1. The molecule has 1 aliphatic rings. The summed E-state index contributed by atoms with van der Waals surface area (Å²) in [6.45, 7) is -0.0329. The number of primary amides is 1. The molecule has 120 valence electrons. The van der Waals surface area contributed by atoms with E-state index in [9.17, 15) is 23.3 Å². The highest BCUT2D eigenvalue weighted by Gasteiger charge is 2.30. The number of nitrogens with zero attached hydrogens (tertiary/aromatic N) is 1. The lowest BCUT2D eigenvalue weighted by molar-refractivity contribution is -0.385. The van der Waals surface area contributed by atoms with Gasteiger partial charge in [-0.1, -0.05) is 6.07 Å². The summed E-state index contributed by atoms with van der Waals surface area (Å²) in [5.74, 6) is -0.580. The third-order valence-corrected chi connectivity index (χ3v) is 4.69. The molecule has 1 aromatic rings. The van der Waals surface area contributed by atoms with Crippen LogP contribution >= 0.6 is 0 Å². The van der Waals surface area contributed by atoms with Crippen LogP contribution in [0.1, 0.15) is 12.8 Å². The summed E-state index contributed by atoms with van der Waals surface area (Å²) in [5, 5.41) is 10.7. The van der Waals surface area contributed by atoms with E-state index in [4.69, 9.17) is 10.5 Å². The van der Waals surface area contributed by atoms with E-state index in [0.717, 1.165) is 6.07 Å². The van der Waals surface area contributed by atoms with Crippen molar-refractivity contribution in [3.63, 3.8) is 0 Å². The molecule has 22 heavy (non-hydrogen) atoms. The molecule has 0 aliphatic carbocycles. The molecular weight excluding hydrogens is 314 g/mol. The van der Waals surface area contributed by atoms with E-state index in [0.29, 0.717) is 12.8 Å². The average molecular weight is 329 g/mol. The van der Waals surface area contributed by atoms with Gasteiger partial charge in [-0.2, -0.15) is 0 Å². The van der Waals surface area contributed by atoms with Gasteiger partial charge < -0.3 is 10.5 Å². The Morgan fingerprint density at radius 2 is 2.18 bits per heavy atom. The first-order valence-corrected chi connectivity index (χ1v) is 7.97. The molecule has 0 aromatic heterocycles. The Kier molecular flexibility index (Phi) is 4.74. The highest BCUT2D eigenvalue weighted by molar-refractivity contribution is 7.89. The largest absolute Gasteiger partial charge is 0.367 e. The Labute approximate surface area is 126 Å². The minimum atomic E-state index is -3.89. The molecule has 1 heterocycles. The Morgan fingerprint density at radius 3 is 2.77 bits per heavy atom. The van der Waals surface area contributed by atoms with E-state index in [1.54, 1.807) is 0 Å². The molecule has 1 saturated heterocycles. The molecule has 10 heteroatoms. The van der Waals surface area contributed by atoms with Crippen molar-refractivity contribution in [2.24, 2.45) is 5.73 Å². The number of carbonyl (C=O) groups excluding carboxylic acids is 1. The lowest BCUT2D eigenvalue weighted by atomic mass is 10.2. The number of nitrogens with one attached hydrogen (secondary N) is 1. The van der Waals surface area contributed by atoms with E-state index < -0.39 is 33.1 Å². The van der Waals surface area contributed by atoms with Crippen LogP contribution in [0.3, 0.4) is 0 Å². The molecule has 3 N–H and O–H groups in total. The van der Waals surface area contributed by atoms with Crippen LogP contribution in [0.15, 0.2) is 29.2 Å². The lowest BCUT2D eigenvalue weighted by Gasteiger charge is -2.13. The van der Waals surface area contributed by atoms with E-state index >= 15 is 0 Å². The minimum absolute atomic E-state index is 0.0329. The van der Waals surface area contributed by atoms with Crippen LogP contribution in [-0.2, 0) is 19.6 Å². The van der Waals surface area contributed by atoms with Crippen molar-refractivity contribution in [2.75, 3.05) is 6.54 Å². The summed E-state index contributed by atoms with van der Waals surface area (Å²) in [4.78, 5) is 20.8. The average Bonchev–Trinajstić information content (AvgIpc) is 2.94. The highest BCUT2D eigenvalue weighted by atomic mass is 32.2. The first-order chi connectivity index (χ1) is 10.3. The summed E-state index contributed by atoms with van der Waals surface area (Å²) in [7, 11) is -3.89. The van der Waals surface area contributed by atoms with Crippen molar-refractivity contribution in [1.29, 1.82) is 0 Å². The first-order valence-electron chi connectivity index (χ1n) is 6.48. The number of rotatable bonds is 6. The van der Waals surface area contributed by atoms with Crippen molar-refractivity contribution in [1.82, 2.24) is 4.72 Å². The summed E-state index contributed by atoms with van der Waals surface area (Å²) in [6.07, 6.45) is -0.206. The van der Waals surface area contributed by atoms with Crippen LogP contribution in [0.5, 0.6) is 0 Å². The topological polar surface area (TPSA) is 142 Å². The second-order valence-corrected chi connectivity index (χ2v) is 6.60. The molecule has 2 rings (SSSR count). The normalized spacial score (nSPS) is 21.6. The van der Waals surface area contributed by atoms with Crippen molar-refractivity contribution in [3.05, 3.63) is 34.4 Å². The zero-order valence-electron chi connectivity index (χ0n) is 11.5. The van der Waals surface area contributed by atoms with Gasteiger partial charge in [-0.3, -0.25) is 14.9 Å². The van der Waals surface area contributed by atoms with E-state index in [2.05, 4.69) is 4.72 Å². The van der Waals surface area contributed by atoms with Crippen molar-refractivity contribution < 1.29 is 22.9 Å². The molecule has 0 spiro atoms. The molecule has 1 fully saturated rings. The summed E-state index contributed by atoms with van der Waals surface area (Å²) >= 11 is 0. The Bertz CT molecular complexity index is 690. The Hall–Kier alpha value is -2.04. The van der Waals surface area contributed by atoms with Gasteiger partial charge in [0.2, 0.25) is 15.9 Å². The third kappa shape index (κ3) is 3.78. The van der Waals surface area contributed by atoms with Gasteiger partial charge in [0.05, 0.1) is 15.9 Å². The molecule has 1 aromatic carbocycles. The smallest absolute Gasteiger partial charge is 0.270 e. The van der Waals surface area contributed by atoms with Gasteiger partial charge in [0.15, 0.2) is 0 Å². The van der Waals surface area contributed by atoms with Crippen LogP contribution in [-0.4, -0.2) is 38.0 Å². The van der Waals surface area contributed by atoms with Gasteiger partial charge in [0, 0.05) is 18.7 Å².